The van der Waals surface area contributed by atoms with Crippen LogP contribution in [0.2, 0.25) is 0 Å². The molecule has 20 heavy (non-hydrogen) atoms. The second-order valence-corrected chi connectivity index (χ2v) is 6.21. The molecule has 3 aliphatic heterocycles. The Bertz CT molecular complexity index is 505. The first-order chi connectivity index (χ1) is 9.86. The highest BCUT2D eigenvalue weighted by atomic mass is 16.5. The monoisotopic (exact) mass is 274 g/mol. The molecular formula is C16H22N2O2. The van der Waals surface area contributed by atoms with E-state index in [1.807, 2.05) is 0 Å². The summed E-state index contributed by atoms with van der Waals surface area (Å²) in [6.07, 6.45) is 6.51. The maximum absolute atomic E-state index is 6.00. The minimum atomic E-state index is 0.137. The molecule has 1 aromatic rings. The molecule has 3 heterocycles. The number of fused-ring (bicyclic) bond motifs is 3. The second-order valence-electron chi connectivity index (χ2n) is 6.21. The van der Waals surface area contributed by atoms with Gasteiger partial charge in [-0.1, -0.05) is 18.2 Å². The molecule has 4 heteroatoms. The molecule has 0 aliphatic carbocycles. The Morgan fingerprint density at radius 2 is 2.25 bits per heavy atom. The van der Waals surface area contributed by atoms with Crippen LogP contribution in [-0.2, 0) is 11.2 Å². The van der Waals surface area contributed by atoms with E-state index in [0.717, 1.165) is 31.6 Å². The normalized spacial score (nSPS) is 32.8. The predicted molar refractivity (Wildman–Crippen MR) is 76.3 cm³/mol. The highest BCUT2D eigenvalue weighted by Gasteiger charge is 2.45. The van der Waals surface area contributed by atoms with Gasteiger partial charge in [-0.2, -0.15) is 0 Å². The third kappa shape index (κ3) is 1.94. The number of nitrogens with one attached hydrogen (secondary N) is 1. The molecule has 0 saturated carbocycles. The van der Waals surface area contributed by atoms with E-state index in [1.165, 1.54) is 24.0 Å². The lowest BCUT2D eigenvalue weighted by Crippen LogP contribution is -2.38. The van der Waals surface area contributed by atoms with Gasteiger partial charge in [-0.15, -0.1) is 0 Å². The van der Waals surface area contributed by atoms with E-state index in [9.17, 15) is 0 Å². The van der Waals surface area contributed by atoms with E-state index < -0.39 is 0 Å². The van der Waals surface area contributed by atoms with Crippen molar-refractivity contribution in [2.24, 2.45) is 11.8 Å². The van der Waals surface area contributed by atoms with E-state index in [0.29, 0.717) is 18.1 Å². The van der Waals surface area contributed by atoms with Crippen LogP contribution in [0.5, 0.6) is 5.75 Å². The van der Waals surface area contributed by atoms with E-state index in [2.05, 4.69) is 23.6 Å². The largest absolute Gasteiger partial charge is 0.493 e. The van der Waals surface area contributed by atoms with Crippen molar-refractivity contribution in [2.45, 2.75) is 50.4 Å². The first kappa shape index (κ1) is 12.6. The zero-order valence-electron chi connectivity index (χ0n) is 11.7. The standard InChI is InChI=1S/C16H22N2O2/c17-18-15(13-9-11-6-7-14(13)20-11)12-5-1-3-10-4-2-8-19-16(10)12/h1,3,5,11,13-15,18H,2,4,6-9,17H2. The van der Waals surface area contributed by atoms with Gasteiger partial charge >= 0.3 is 0 Å². The van der Waals surface area contributed by atoms with Gasteiger partial charge in [-0.25, -0.2) is 0 Å². The minimum absolute atomic E-state index is 0.137. The van der Waals surface area contributed by atoms with Crippen LogP contribution in [0.4, 0.5) is 0 Å². The Morgan fingerprint density at radius 1 is 1.30 bits per heavy atom. The Balaban J connectivity index is 1.68. The van der Waals surface area contributed by atoms with Crippen molar-refractivity contribution in [3.8, 4) is 5.75 Å². The Kier molecular flexibility index (Phi) is 3.17. The molecule has 4 nitrogen and oxygen atoms in total. The summed E-state index contributed by atoms with van der Waals surface area (Å²) in [5.41, 5.74) is 5.57. The molecule has 2 bridgehead atoms. The Hall–Kier alpha value is -1.10. The molecule has 3 aliphatic rings. The number of ether oxygens (including phenoxy) is 2. The summed E-state index contributed by atoms with van der Waals surface area (Å²) >= 11 is 0. The van der Waals surface area contributed by atoms with E-state index >= 15 is 0 Å². The van der Waals surface area contributed by atoms with Crippen molar-refractivity contribution in [1.82, 2.24) is 5.43 Å². The highest BCUT2D eigenvalue weighted by Crippen LogP contribution is 2.46. The fraction of sp³-hybridized carbons (Fsp3) is 0.625. The summed E-state index contributed by atoms with van der Waals surface area (Å²) in [5.74, 6) is 7.42. The summed E-state index contributed by atoms with van der Waals surface area (Å²) in [7, 11) is 0. The van der Waals surface area contributed by atoms with Gasteiger partial charge < -0.3 is 9.47 Å². The number of rotatable bonds is 3. The molecule has 2 fully saturated rings. The van der Waals surface area contributed by atoms with Crippen LogP contribution < -0.4 is 16.0 Å². The molecule has 4 unspecified atom stereocenters. The fourth-order valence-electron chi connectivity index (χ4n) is 4.13. The molecule has 4 rings (SSSR count). The van der Waals surface area contributed by atoms with Crippen molar-refractivity contribution < 1.29 is 9.47 Å². The van der Waals surface area contributed by atoms with Gasteiger partial charge in [-0.3, -0.25) is 11.3 Å². The molecular weight excluding hydrogens is 252 g/mol. The molecule has 108 valence electrons. The van der Waals surface area contributed by atoms with Gasteiger partial charge in [0.15, 0.2) is 0 Å². The van der Waals surface area contributed by atoms with Crippen LogP contribution in [0, 0.1) is 5.92 Å². The number of para-hydroxylation sites is 1. The van der Waals surface area contributed by atoms with Crippen LogP contribution in [0.15, 0.2) is 18.2 Å². The number of benzene rings is 1. The zero-order chi connectivity index (χ0) is 13.5. The van der Waals surface area contributed by atoms with Gasteiger partial charge in [0.1, 0.15) is 5.75 Å². The smallest absolute Gasteiger partial charge is 0.127 e. The molecule has 0 aromatic heterocycles. The van der Waals surface area contributed by atoms with Crippen molar-refractivity contribution in [3.05, 3.63) is 29.3 Å². The summed E-state index contributed by atoms with van der Waals surface area (Å²) in [5, 5.41) is 0. The van der Waals surface area contributed by atoms with Crippen LogP contribution in [0.1, 0.15) is 42.9 Å². The van der Waals surface area contributed by atoms with Crippen molar-refractivity contribution in [3.63, 3.8) is 0 Å². The fourth-order valence-corrected chi connectivity index (χ4v) is 4.13. The lowest BCUT2D eigenvalue weighted by atomic mass is 9.80. The van der Waals surface area contributed by atoms with Gasteiger partial charge in [0.2, 0.25) is 0 Å². The number of nitrogens with two attached hydrogens (primary N) is 1. The second kappa shape index (κ2) is 5.02. The van der Waals surface area contributed by atoms with Gasteiger partial charge in [-0.05, 0) is 37.7 Å². The number of aryl methyl sites for hydroxylation is 1. The first-order valence-electron chi connectivity index (χ1n) is 7.73. The lowest BCUT2D eigenvalue weighted by molar-refractivity contribution is 0.0853. The molecule has 0 radical (unpaired) electrons. The van der Waals surface area contributed by atoms with E-state index in [4.69, 9.17) is 15.3 Å². The number of hydrogen-bond acceptors (Lipinski definition) is 4. The molecule has 3 N–H and O–H groups in total. The maximum atomic E-state index is 6.00. The maximum Gasteiger partial charge on any atom is 0.127 e. The average Bonchev–Trinajstić information content (AvgIpc) is 3.11. The third-order valence-electron chi connectivity index (χ3n) is 5.06. The van der Waals surface area contributed by atoms with Gasteiger partial charge in [0.05, 0.1) is 24.9 Å². The quantitative estimate of drug-likeness (QED) is 0.654. The van der Waals surface area contributed by atoms with Crippen LogP contribution >= 0.6 is 0 Å². The van der Waals surface area contributed by atoms with Crippen LogP contribution in [-0.4, -0.2) is 18.8 Å². The summed E-state index contributed by atoms with van der Waals surface area (Å²) < 4.78 is 11.9. The number of hydrazine groups is 1. The van der Waals surface area contributed by atoms with E-state index in [1.54, 1.807) is 0 Å². The third-order valence-corrected chi connectivity index (χ3v) is 5.06. The topological polar surface area (TPSA) is 56.5 Å². The van der Waals surface area contributed by atoms with Crippen LogP contribution in [0.3, 0.4) is 0 Å². The van der Waals surface area contributed by atoms with Crippen LogP contribution in [0.25, 0.3) is 0 Å². The zero-order valence-corrected chi connectivity index (χ0v) is 11.7. The molecule has 1 aromatic carbocycles. The summed E-state index contributed by atoms with van der Waals surface area (Å²) in [6, 6.07) is 6.59. The minimum Gasteiger partial charge on any atom is -0.493 e. The predicted octanol–water partition coefficient (Wildman–Crippen LogP) is 2.08. The molecule has 0 amide bonds. The van der Waals surface area contributed by atoms with E-state index in [-0.39, 0.29) is 6.04 Å². The van der Waals surface area contributed by atoms with Crippen molar-refractivity contribution in [2.75, 3.05) is 6.61 Å². The first-order valence-corrected chi connectivity index (χ1v) is 7.73. The SMILES string of the molecule is NNC(c1cccc2c1OCCC2)C1CC2CCC1O2. The average molecular weight is 274 g/mol. The lowest BCUT2D eigenvalue weighted by Gasteiger charge is -2.31. The highest BCUT2D eigenvalue weighted by molar-refractivity contribution is 5.45. The molecule has 0 spiro atoms. The number of hydrogen-bond donors (Lipinski definition) is 2. The summed E-state index contributed by atoms with van der Waals surface area (Å²) in [6.45, 7) is 0.814. The Morgan fingerprint density at radius 3 is 3.00 bits per heavy atom. The van der Waals surface area contributed by atoms with Gasteiger partial charge in [0.25, 0.3) is 0 Å². The van der Waals surface area contributed by atoms with Crippen molar-refractivity contribution >= 4 is 0 Å². The Labute approximate surface area is 119 Å². The summed E-state index contributed by atoms with van der Waals surface area (Å²) in [4.78, 5) is 0. The molecule has 2 saturated heterocycles. The van der Waals surface area contributed by atoms with Crippen molar-refractivity contribution in [1.29, 1.82) is 0 Å². The molecule has 4 atom stereocenters. The van der Waals surface area contributed by atoms with Gasteiger partial charge in [0, 0.05) is 11.5 Å².